The van der Waals surface area contributed by atoms with Crippen molar-refractivity contribution in [2.24, 2.45) is 4.99 Å². The highest BCUT2D eigenvalue weighted by molar-refractivity contribution is 6.00. The number of aliphatic imine (C=N–C) groups is 1. The van der Waals surface area contributed by atoms with E-state index in [0.29, 0.717) is 0 Å². The second-order valence-corrected chi connectivity index (χ2v) is 5.18. The van der Waals surface area contributed by atoms with E-state index in [1.54, 1.807) is 0 Å². The van der Waals surface area contributed by atoms with Crippen LogP contribution in [0.3, 0.4) is 0 Å². The first-order chi connectivity index (χ1) is 10.9. The van der Waals surface area contributed by atoms with E-state index in [4.69, 9.17) is 4.52 Å². The summed E-state index contributed by atoms with van der Waals surface area (Å²) in [5.74, 6) is 1.74. The van der Waals surface area contributed by atoms with Crippen molar-refractivity contribution in [2.45, 2.75) is 0 Å². The van der Waals surface area contributed by atoms with Gasteiger partial charge in [0.15, 0.2) is 5.76 Å². The third kappa shape index (κ3) is 2.39. The number of amidine groups is 1. The van der Waals surface area contributed by atoms with E-state index in [0.717, 1.165) is 47.1 Å². The van der Waals surface area contributed by atoms with E-state index < -0.39 is 0 Å². The van der Waals surface area contributed by atoms with Crippen LogP contribution < -0.4 is 5.32 Å². The Balaban J connectivity index is 1.61. The van der Waals surface area contributed by atoms with E-state index >= 15 is 0 Å². The summed E-state index contributed by atoms with van der Waals surface area (Å²) in [5.41, 5.74) is 4.02. The lowest BCUT2D eigenvalue weighted by molar-refractivity contribution is 0.435. The Morgan fingerprint density at radius 2 is 1.64 bits per heavy atom. The minimum absolute atomic E-state index is 0.770. The molecule has 4 rings (SSSR count). The maximum atomic E-state index is 5.47. The standard InChI is InChI=1S/C18H15N3O/c1-2-4-13(5-3-1)16-12-17(22-21-16)14-6-8-15(9-7-14)18-19-10-11-20-18/h1-9,12H,10-11H2,(H,19,20). The van der Waals surface area contributed by atoms with E-state index in [9.17, 15) is 0 Å². The molecule has 108 valence electrons. The van der Waals surface area contributed by atoms with Gasteiger partial charge in [-0.2, -0.15) is 0 Å². The molecule has 0 amide bonds. The van der Waals surface area contributed by atoms with E-state index in [2.05, 4.69) is 27.6 Å². The fourth-order valence-electron chi connectivity index (χ4n) is 2.54. The van der Waals surface area contributed by atoms with Gasteiger partial charge in [-0.25, -0.2) is 0 Å². The van der Waals surface area contributed by atoms with Gasteiger partial charge in [-0.3, -0.25) is 4.99 Å². The zero-order valence-electron chi connectivity index (χ0n) is 12.0. The Hall–Kier alpha value is -2.88. The molecule has 1 N–H and O–H groups in total. The number of hydrogen-bond donors (Lipinski definition) is 1. The lowest BCUT2D eigenvalue weighted by Crippen LogP contribution is -2.19. The summed E-state index contributed by atoms with van der Waals surface area (Å²) in [7, 11) is 0. The highest BCUT2D eigenvalue weighted by Gasteiger charge is 2.11. The van der Waals surface area contributed by atoms with Crippen molar-refractivity contribution >= 4 is 5.84 Å². The lowest BCUT2D eigenvalue weighted by Gasteiger charge is -2.02. The predicted molar refractivity (Wildman–Crippen MR) is 86.8 cm³/mol. The van der Waals surface area contributed by atoms with Gasteiger partial charge in [0.1, 0.15) is 11.5 Å². The Morgan fingerprint density at radius 1 is 0.864 bits per heavy atom. The molecular formula is C18H15N3O. The number of nitrogens with one attached hydrogen (secondary N) is 1. The number of rotatable bonds is 3. The fourth-order valence-corrected chi connectivity index (χ4v) is 2.54. The molecule has 4 nitrogen and oxygen atoms in total. The Labute approximate surface area is 128 Å². The molecule has 2 aromatic carbocycles. The van der Waals surface area contributed by atoms with Crippen LogP contribution in [0.4, 0.5) is 0 Å². The summed E-state index contributed by atoms with van der Waals surface area (Å²) in [6, 6.07) is 20.2. The van der Waals surface area contributed by atoms with Crippen LogP contribution in [-0.2, 0) is 0 Å². The molecule has 0 unspecified atom stereocenters. The van der Waals surface area contributed by atoms with Crippen LogP contribution >= 0.6 is 0 Å². The topological polar surface area (TPSA) is 50.4 Å². The molecular weight excluding hydrogens is 274 g/mol. The number of benzene rings is 2. The molecule has 2 heterocycles. The Bertz CT molecular complexity index is 804. The summed E-state index contributed by atoms with van der Waals surface area (Å²) in [6.07, 6.45) is 0. The molecule has 0 radical (unpaired) electrons. The average molecular weight is 289 g/mol. The van der Waals surface area contributed by atoms with Crippen molar-refractivity contribution in [3.05, 3.63) is 66.2 Å². The zero-order chi connectivity index (χ0) is 14.8. The number of nitrogens with zero attached hydrogens (tertiary/aromatic N) is 2. The summed E-state index contributed by atoms with van der Waals surface area (Å²) in [5, 5.41) is 7.42. The second kappa shape index (κ2) is 5.48. The van der Waals surface area contributed by atoms with Crippen LogP contribution in [0.15, 0.2) is 70.2 Å². The van der Waals surface area contributed by atoms with Gasteiger partial charge >= 0.3 is 0 Å². The third-order valence-electron chi connectivity index (χ3n) is 3.70. The monoisotopic (exact) mass is 289 g/mol. The van der Waals surface area contributed by atoms with Crippen LogP contribution in [-0.4, -0.2) is 24.1 Å². The third-order valence-corrected chi connectivity index (χ3v) is 3.70. The molecule has 0 saturated heterocycles. The molecule has 0 aliphatic carbocycles. The molecule has 1 aliphatic heterocycles. The molecule has 4 heteroatoms. The summed E-state index contributed by atoms with van der Waals surface area (Å²) >= 11 is 0. The molecule has 0 saturated carbocycles. The first-order valence-electron chi connectivity index (χ1n) is 7.31. The van der Waals surface area contributed by atoms with Gasteiger partial charge in [-0.1, -0.05) is 59.8 Å². The van der Waals surface area contributed by atoms with Crippen molar-refractivity contribution in [2.75, 3.05) is 13.1 Å². The van der Waals surface area contributed by atoms with Crippen LogP contribution in [0.2, 0.25) is 0 Å². The quantitative estimate of drug-likeness (QED) is 0.804. The molecule has 3 aromatic rings. The van der Waals surface area contributed by atoms with Gasteiger partial charge in [0.05, 0.1) is 6.54 Å². The molecule has 0 bridgehead atoms. The van der Waals surface area contributed by atoms with Crippen LogP contribution in [0.5, 0.6) is 0 Å². The summed E-state index contributed by atoms with van der Waals surface area (Å²) < 4.78 is 5.47. The molecule has 0 spiro atoms. The van der Waals surface area contributed by atoms with Gasteiger partial charge in [0, 0.05) is 29.3 Å². The molecule has 0 atom stereocenters. The lowest BCUT2D eigenvalue weighted by atomic mass is 10.1. The Kier molecular flexibility index (Phi) is 3.20. The highest BCUT2D eigenvalue weighted by Crippen LogP contribution is 2.26. The number of aromatic nitrogens is 1. The van der Waals surface area contributed by atoms with Crippen LogP contribution in [0.25, 0.3) is 22.6 Å². The maximum absolute atomic E-state index is 5.47. The smallest absolute Gasteiger partial charge is 0.167 e. The first-order valence-corrected chi connectivity index (χ1v) is 7.31. The summed E-state index contributed by atoms with van der Waals surface area (Å²) in [4.78, 5) is 4.42. The summed E-state index contributed by atoms with van der Waals surface area (Å²) in [6.45, 7) is 1.76. The van der Waals surface area contributed by atoms with Crippen molar-refractivity contribution in [1.29, 1.82) is 0 Å². The second-order valence-electron chi connectivity index (χ2n) is 5.18. The van der Waals surface area contributed by atoms with Crippen molar-refractivity contribution in [3.63, 3.8) is 0 Å². The van der Waals surface area contributed by atoms with E-state index in [-0.39, 0.29) is 0 Å². The molecule has 1 aromatic heterocycles. The largest absolute Gasteiger partial charge is 0.368 e. The molecule has 0 fully saturated rings. The molecule has 22 heavy (non-hydrogen) atoms. The fraction of sp³-hybridized carbons (Fsp3) is 0.111. The number of hydrogen-bond acceptors (Lipinski definition) is 4. The van der Waals surface area contributed by atoms with Gasteiger partial charge < -0.3 is 9.84 Å². The SMILES string of the molecule is c1ccc(-c2cc(-c3ccc(C4=NCCN4)cc3)on2)cc1. The van der Waals surface area contributed by atoms with Gasteiger partial charge in [0.25, 0.3) is 0 Å². The minimum Gasteiger partial charge on any atom is -0.368 e. The van der Waals surface area contributed by atoms with Crippen molar-refractivity contribution in [1.82, 2.24) is 10.5 Å². The van der Waals surface area contributed by atoms with Crippen LogP contribution in [0, 0.1) is 0 Å². The maximum Gasteiger partial charge on any atom is 0.167 e. The average Bonchev–Trinajstić information content (AvgIpc) is 3.28. The zero-order valence-corrected chi connectivity index (χ0v) is 12.0. The first kappa shape index (κ1) is 12.8. The Morgan fingerprint density at radius 3 is 2.36 bits per heavy atom. The van der Waals surface area contributed by atoms with Gasteiger partial charge in [0.2, 0.25) is 0 Å². The minimum atomic E-state index is 0.770. The highest BCUT2D eigenvalue weighted by atomic mass is 16.5. The normalized spacial score (nSPS) is 13.7. The van der Waals surface area contributed by atoms with Crippen molar-refractivity contribution in [3.8, 4) is 22.6 Å². The van der Waals surface area contributed by atoms with E-state index in [1.165, 1.54) is 0 Å². The van der Waals surface area contributed by atoms with Crippen LogP contribution in [0.1, 0.15) is 5.56 Å². The van der Waals surface area contributed by atoms with Gasteiger partial charge in [-0.15, -0.1) is 0 Å². The van der Waals surface area contributed by atoms with E-state index in [1.807, 2.05) is 48.5 Å². The molecule has 1 aliphatic rings. The van der Waals surface area contributed by atoms with Gasteiger partial charge in [-0.05, 0) is 0 Å². The predicted octanol–water partition coefficient (Wildman–Crippen LogP) is 3.36. The van der Waals surface area contributed by atoms with Crippen molar-refractivity contribution < 1.29 is 4.52 Å².